The molecule has 2 rings (SSSR count). The third-order valence-electron chi connectivity index (χ3n) is 3.48. The van der Waals surface area contributed by atoms with Gasteiger partial charge in [0.15, 0.2) is 0 Å². The van der Waals surface area contributed by atoms with Gasteiger partial charge in [0.05, 0.1) is 5.56 Å². The molecule has 2 aromatic carbocycles. The maximum atomic E-state index is 12.2. The lowest BCUT2D eigenvalue weighted by molar-refractivity contribution is 0.102. The average Bonchev–Trinajstić information content (AvgIpc) is 2.46. The molecule has 1 amide bonds. The van der Waals surface area contributed by atoms with E-state index < -0.39 is 0 Å². The smallest absolute Gasteiger partial charge is 0.259 e. The molecule has 0 aliphatic rings. The molecule has 4 nitrogen and oxygen atoms in total. The third-order valence-corrected chi connectivity index (χ3v) is 3.48. The van der Waals surface area contributed by atoms with Crippen molar-refractivity contribution in [2.75, 3.05) is 12.4 Å². The first-order chi connectivity index (χ1) is 10.0. The van der Waals surface area contributed by atoms with Crippen molar-refractivity contribution in [1.29, 1.82) is 0 Å². The molecule has 0 fully saturated rings. The van der Waals surface area contributed by atoms with Gasteiger partial charge in [-0.05, 0) is 56.3 Å². The molecule has 3 N–H and O–H groups in total. The average molecular weight is 284 g/mol. The predicted molar refractivity (Wildman–Crippen MR) is 84.7 cm³/mol. The number of amides is 1. The van der Waals surface area contributed by atoms with Crippen LogP contribution in [-0.4, -0.2) is 18.1 Å². The maximum absolute atomic E-state index is 12.2. The van der Waals surface area contributed by atoms with Crippen molar-refractivity contribution in [1.82, 2.24) is 5.32 Å². The van der Waals surface area contributed by atoms with Gasteiger partial charge in [0.1, 0.15) is 5.75 Å². The van der Waals surface area contributed by atoms with E-state index in [0.29, 0.717) is 5.69 Å². The summed E-state index contributed by atoms with van der Waals surface area (Å²) in [7, 11) is 1.89. The van der Waals surface area contributed by atoms with Crippen LogP contribution in [0.25, 0.3) is 0 Å². The molecular formula is C17H20N2O2. The number of hydrogen-bond donors (Lipinski definition) is 3. The van der Waals surface area contributed by atoms with Crippen molar-refractivity contribution >= 4 is 11.6 Å². The van der Waals surface area contributed by atoms with Gasteiger partial charge in [0, 0.05) is 11.7 Å². The van der Waals surface area contributed by atoms with Crippen molar-refractivity contribution in [3.8, 4) is 5.75 Å². The van der Waals surface area contributed by atoms with E-state index in [1.807, 2.05) is 45.2 Å². The van der Waals surface area contributed by atoms with Gasteiger partial charge in [-0.3, -0.25) is 4.79 Å². The fourth-order valence-electron chi connectivity index (χ4n) is 2.08. The topological polar surface area (TPSA) is 61.4 Å². The van der Waals surface area contributed by atoms with E-state index in [2.05, 4.69) is 10.6 Å². The molecule has 2 aromatic rings. The highest BCUT2D eigenvalue weighted by Gasteiger charge is 2.12. The Kier molecular flexibility index (Phi) is 4.60. The third kappa shape index (κ3) is 3.61. The minimum Gasteiger partial charge on any atom is -0.507 e. The lowest BCUT2D eigenvalue weighted by atomic mass is 10.1. The molecule has 4 heteroatoms. The van der Waals surface area contributed by atoms with E-state index in [4.69, 9.17) is 0 Å². The van der Waals surface area contributed by atoms with E-state index in [1.165, 1.54) is 0 Å². The van der Waals surface area contributed by atoms with Crippen molar-refractivity contribution in [2.24, 2.45) is 0 Å². The molecule has 110 valence electrons. The Hall–Kier alpha value is -2.33. The van der Waals surface area contributed by atoms with E-state index in [-0.39, 0.29) is 23.3 Å². The summed E-state index contributed by atoms with van der Waals surface area (Å²) in [4.78, 5) is 12.2. The second-order valence-electron chi connectivity index (χ2n) is 5.11. The number of anilines is 1. The number of benzene rings is 2. The van der Waals surface area contributed by atoms with Crippen LogP contribution in [0.3, 0.4) is 0 Å². The summed E-state index contributed by atoms with van der Waals surface area (Å²) in [5.74, 6) is -0.325. The molecule has 0 heterocycles. The second-order valence-corrected chi connectivity index (χ2v) is 5.11. The highest BCUT2D eigenvalue weighted by Crippen LogP contribution is 2.21. The monoisotopic (exact) mass is 284 g/mol. The zero-order valence-electron chi connectivity index (χ0n) is 12.5. The summed E-state index contributed by atoms with van der Waals surface area (Å²) in [6.07, 6.45) is 0. The Balaban J connectivity index is 2.19. The molecule has 0 spiro atoms. The normalized spacial score (nSPS) is 12.0. The Morgan fingerprint density at radius 2 is 1.95 bits per heavy atom. The van der Waals surface area contributed by atoms with E-state index in [0.717, 1.165) is 11.1 Å². The molecule has 0 saturated carbocycles. The summed E-state index contributed by atoms with van der Waals surface area (Å²) in [5, 5.41) is 15.8. The number of phenolic OH excluding ortho intramolecular Hbond substituents is 1. The minimum atomic E-state index is -0.318. The Bertz CT molecular complexity index is 653. The first kappa shape index (κ1) is 15.1. The number of aryl methyl sites for hydroxylation is 1. The van der Waals surface area contributed by atoms with Gasteiger partial charge in [0.2, 0.25) is 0 Å². The first-order valence-electron chi connectivity index (χ1n) is 6.89. The molecule has 0 bridgehead atoms. The van der Waals surface area contributed by atoms with Crippen LogP contribution >= 0.6 is 0 Å². The number of aromatic hydroxyl groups is 1. The summed E-state index contributed by atoms with van der Waals surface area (Å²) in [5.41, 5.74) is 2.98. The summed E-state index contributed by atoms with van der Waals surface area (Å²) < 4.78 is 0. The van der Waals surface area contributed by atoms with E-state index in [9.17, 15) is 9.90 Å². The van der Waals surface area contributed by atoms with Crippen LogP contribution in [0.5, 0.6) is 5.75 Å². The Morgan fingerprint density at radius 3 is 2.62 bits per heavy atom. The molecule has 1 unspecified atom stereocenters. The molecule has 0 aliphatic carbocycles. The van der Waals surface area contributed by atoms with Crippen molar-refractivity contribution in [3.63, 3.8) is 0 Å². The number of nitrogens with one attached hydrogen (secondary N) is 2. The van der Waals surface area contributed by atoms with Crippen LogP contribution in [-0.2, 0) is 0 Å². The fraction of sp³-hybridized carbons (Fsp3) is 0.235. The summed E-state index contributed by atoms with van der Waals surface area (Å²) in [6.45, 7) is 3.91. The van der Waals surface area contributed by atoms with Gasteiger partial charge < -0.3 is 15.7 Å². The summed E-state index contributed by atoms with van der Waals surface area (Å²) >= 11 is 0. The van der Waals surface area contributed by atoms with Gasteiger partial charge >= 0.3 is 0 Å². The fourth-order valence-corrected chi connectivity index (χ4v) is 2.08. The van der Waals surface area contributed by atoms with Crippen molar-refractivity contribution in [2.45, 2.75) is 19.9 Å². The number of carbonyl (C=O) groups excluding carboxylic acids is 1. The van der Waals surface area contributed by atoms with Gasteiger partial charge in [-0.1, -0.05) is 18.2 Å². The van der Waals surface area contributed by atoms with E-state index >= 15 is 0 Å². The maximum Gasteiger partial charge on any atom is 0.259 e. The number of hydrogen-bond acceptors (Lipinski definition) is 3. The van der Waals surface area contributed by atoms with Gasteiger partial charge in [0.25, 0.3) is 5.91 Å². The van der Waals surface area contributed by atoms with Crippen LogP contribution in [0.15, 0.2) is 42.5 Å². The second kappa shape index (κ2) is 6.41. The van der Waals surface area contributed by atoms with Gasteiger partial charge in [-0.25, -0.2) is 0 Å². The zero-order valence-corrected chi connectivity index (χ0v) is 12.5. The molecular weight excluding hydrogens is 264 g/mol. The minimum absolute atomic E-state index is 0.00718. The molecule has 1 atom stereocenters. The lowest BCUT2D eigenvalue weighted by Gasteiger charge is -2.13. The lowest BCUT2D eigenvalue weighted by Crippen LogP contribution is -2.14. The number of phenols is 1. The first-order valence-corrected chi connectivity index (χ1v) is 6.89. The summed E-state index contributed by atoms with van der Waals surface area (Å²) in [6, 6.07) is 12.9. The molecule has 0 radical (unpaired) electrons. The standard InChI is InChI=1S/C17H20N2O2/c1-11-7-8-15(16(20)9-11)17(21)19-14-6-4-5-13(10-14)12(2)18-3/h4-10,12,18,20H,1-3H3,(H,19,21). The van der Waals surface area contributed by atoms with Crippen LogP contribution < -0.4 is 10.6 Å². The highest BCUT2D eigenvalue weighted by molar-refractivity contribution is 6.06. The van der Waals surface area contributed by atoms with Crippen LogP contribution in [0.2, 0.25) is 0 Å². The molecule has 21 heavy (non-hydrogen) atoms. The van der Waals surface area contributed by atoms with Crippen LogP contribution in [0.4, 0.5) is 5.69 Å². The van der Waals surface area contributed by atoms with Gasteiger partial charge in [-0.15, -0.1) is 0 Å². The number of rotatable bonds is 4. The largest absolute Gasteiger partial charge is 0.507 e. The van der Waals surface area contributed by atoms with Gasteiger partial charge in [-0.2, -0.15) is 0 Å². The Labute approximate surface area is 124 Å². The molecule has 0 aliphatic heterocycles. The quantitative estimate of drug-likeness (QED) is 0.807. The molecule has 0 aromatic heterocycles. The van der Waals surface area contributed by atoms with E-state index in [1.54, 1.807) is 18.2 Å². The SMILES string of the molecule is CNC(C)c1cccc(NC(=O)c2ccc(C)cc2O)c1. The molecule has 0 saturated heterocycles. The van der Waals surface area contributed by atoms with Crippen LogP contribution in [0.1, 0.15) is 34.5 Å². The number of carbonyl (C=O) groups is 1. The van der Waals surface area contributed by atoms with Crippen molar-refractivity contribution in [3.05, 3.63) is 59.2 Å². The highest BCUT2D eigenvalue weighted by atomic mass is 16.3. The predicted octanol–water partition coefficient (Wildman–Crippen LogP) is 3.23. The zero-order chi connectivity index (χ0) is 15.4. The van der Waals surface area contributed by atoms with Crippen molar-refractivity contribution < 1.29 is 9.90 Å². The Morgan fingerprint density at radius 1 is 1.19 bits per heavy atom. The van der Waals surface area contributed by atoms with Crippen LogP contribution in [0, 0.1) is 6.92 Å².